The molecule has 0 N–H and O–H groups in total. The van der Waals surface area contributed by atoms with E-state index in [1.807, 2.05) is 24.3 Å². The lowest BCUT2D eigenvalue weighted by atomic mass is 9.94. The highest BCUT2D eigenvalue weighted by Crippen LogP contribution is 2.39. The Morgan fingerprint density at radius 2 is 1.67 bits per heavy atom. The summed E-state index contributed by atoms with van der Waals surface area (Å²) >= 11 is 19.0. The molecule has 3 rings (SSSR count). The summed E-state index contributed by atoms with van der Waals surface area (Å²) in [6.07, 6.45) is 0. The normalized spacial score (nSPS) is 12.6. The number of hydrogen-bond donors (Lipinski definition) is 0. The van der Waals surface area contributed by atoms with E-state index >= 15 is 0 Å². The zero-order valence-corrected chi connectivity index (χ0v) is 13.7. The number of aryl methyl sites for hydroxylation is 1. The third-order valence-electron chi connectivity index (χ3n) is 3.68. The molecule has 0 heterocycles. The van der Waals surface area contributed by atoms with Crippen molar-refractivity contribution in [3.8, 4) is 0 Å². The summed E-state index contributed by atoms with van der Waals surface area (Å²) in [6, 6.07) is 17.9. The molecular formula is C18H13Cl3. The van der Waals surface area contributed by atoms with E-state index in [1.165, 1.54) is 5.39 Å². The second kappa shape index (κ2) is 5.88. The molecule has 3 aromatic rings. The fourth-order valence-electron chi connectivity index (χ4n) is 2.60. The molecule has 0 aliphatic carbocycles. The number of alkyl halides is 1. The van der Waals surface area contributed by atoms with E-state index in [-0.39, 0.29) is 5.38 Å². The van der Waals surface area contributed by atoms with Crippen molar-refractivity contribution in [2.24, 2.45) is 0 Å². The maximum Gasteiger partial charge on any atom is 0.0858 e. The van der Waals surface area contributed by atoms with E-state index in [4.69, 9.17) is 34.8 Å². The smallest absolute Gasteiger partial charge is 0.0858 e. The van der Waals surface area contributed by atoms with Crippen molar-refractivity contribution >= 4 is 45.6 Å². The molecule has 0 aliphatic rings. The van der Waals surface area contributed by atoms with Gasteiger partial charge in [-0.25, -0.2) is 0 Å². The molecule has 0 nitrogen and oxygen atoms in total. The van der Waals surface area contributed by atoms with Crippen LogP contribution in [-0.2, 0) is 0 Å². The van der Waals surface area contributed by atoms with Gasteiger partial charge in [0.1, 0.15) is 0 Å². The first kappa shape index (κ1) is 14.7. The van der Waals surface area contributed by atoms with Crippen molar-refractivity contribution in [1.82, 2.24) is 0 Å². The van der Waals surface area contributed by atoms with Gasteiger partial charge >= 0.3 is 0 Å². The van der Waals surface area contributed by atoms with E-state index in [0.29, 0.717) is 10.0 Å². The Bertz CT molecular complexity index is 809. The van der Waals surface area contributed by atoms with Crippen molar-refractivity contribution in [3.05, 3.63) is 81.3 Å². The Hall–Kier alpha value is -1.21. The first-order valence-electron chi connectivity index (χ1n) is 6.65. The topological polar surface area (TPSA) is 0 Å². The van der Waals surface area contributed by atoms with Crippen LogP contribution in [0, 0.1) is 6.92 Å². The van der Waals surface area contributed by atoms with Crippen LogP contribution >= 0.6 is 34.8 Å². The predicted octanol–water partition coefficient (Wildman–Crippen LogP) is 6.78. The van der Waals surface area contributed by atoms with Crippen LogP contribution in [-0.4, -0.2) is 0 Å². The van der Waals surface area contributed by atoms with Crippen LogP contribution in [0.1, 0.15) is 22.1 Å². The molecule has 21 heavy (non-hydrogen) atoms. The second-order valence-electron chi connectivity index (χ2n) is 5.05. The number of halogens is 3. The van der Waals surface area contributed by atoms with E-state index in [9.17, 15) is 0 Å². The highest BCUT2D eigenvalue weighted by Gasteiger charge is 2.18. The van der Waals surface area contributed by atoms with Crippen LogP contribution < -0.4 is 0 Å². The second-order valence-corrected chi connectivity index (χ2v) is 6.33. The molecule has 3 aromatic carbocycles. The molecule has 1 atom stereocenters. The van der Waals surface area contributed by atoms with Crippen LogP contribution in [0.2, 0.25) is 10.0 Å². The van der Waals surface area contributed by atoms with Gasteiger partial charge in [-0.1, -0.05) is 65.7 Å². The average molecular weight is 336 g/mol. The number of rotatable bonds is 2. The molecule has 106 valence electrons. The quantitative estimate of drug-likeness (QED) is 0.453. The Morgan fingerprint density at radius 3 is 2.43 bits per heavy atom. The fraction of sp³-hybridized carbons (Fsp3) is 0.111. The fourth-order valence-corrected chi connectivity index (χ4v) is 3.66. The van der Waals surface area contributed by atoms with Gasteiger partial charge in [-0.15, -0.1) is 11.6 Å². The van der Waals surface area contributed by atoms with E-state index in [1.54, 1.807) is 6.07 Å². The lowest BCUT2D eigenvalue weighted by molar-refractivity contribution is 1.13. The summed E-state index contributed by atoms with van der Waals surface area (Å²) < 4.78 is 0. The molecule has 1 unspecified atom stereocenters. The minimum atomic E-state index is -0.305. The van der Waals surface area contributed by atoms with Gasteiger partial charge in [-0.2, -0.15) is 0 Å². The van der Waals surface area contributed by atoms with E-state index in [0.717, 1.165) is 22.1 Å². The summed E-state index contributed by atoms with van der Waals surface area (Å²) in [6.45, 7) is 2.07. The third kappa shape index (κ3) is 2.76. The summed E-state index contributed by atoms with van der Waals surface area (Å²) in [5, 5.41) is 3.23. The maximum atomic E-state index is 6.75. The molecular weight excluding hydrogens is 323 g/mol. The summed E-state index contributed by atoms with van der Waals surface area (Å²) in [4.78, 5) is 0. The first-order chi connectivity index (χ1) is 10.1. The van der Waals surface area contributed by atoms with Gasteiger partial charge in [0.05, 0.1) is 5.38 Å². The van der Waals surface area contributed by atoms with Gasteiger partial charge in [-0.3, -0.25) is 0 Å². The van der Waals surface area contributed by atoms with Crippen LogP contribution in [0.3, 0.4) is 0 Å². The van der Waals surface area contributed by atoms with E-state index < -0.39 is 0 Å². The molecule has 0 spiro atoms. The van der Waals surface area contributed by atoms with Gasteiger partial charge in [0.15, 0.2) is 0 Å². The lowest BCUT2D eigenvalue weighted by Gasteiger charge is -2.17. The Kier molecular flexibility index (Phi) is 4.12. The van der Waals surface area contributed by atoms with Gasteiger partial charge in [-0.05, 0) is 46.5 Å². The molecule has 3 heteroatoms. The van der Waals surface area contributed by atoms with E-state index in [2.05, 4.69) is 31.2 Å². The highest BCUT2D eigenvalue weighted by atomic mass is 35.5. The summed E-state index contributed by atoms with van der Waals surface area (Å²) in [5.41, 5.74) is 3.13. The summed E-state index contributed by atoms with van der Waals surface area (Å²) in [5.74, 6) is 0. The minimum absolute atomic E-state index is 0.305. The number of fused-ring (bicyclic) bond motifs is 1. The number of hydrogen-bond acceptors (Lipinski definition) is 0. The van der Waals surface area contributed by atoms with Gasteiger partial charge < -0.3 is 0 Å². The first-order valence-corrected chi connectivity index (χ1v) is 7.84. The van der Waals surface area contributed by atoms with Crippen LogP contribution in [0.5, 0.6) is 0 Å². The monoisotopic (exact) mass is 334 g/mol. The minimum Gasteiger partial charge on any atom is -0.112 e. The molecule has 0 radical (unpaired) electrons. The zero-order valence-electron chi connectivity index (χ0n) is 11.4. The van der Waals surface area contributed by atoms with Crippen molar-refractivity contribution in [2.45, 2.75) is 12.3 Å². The SMILES string of the molecule is Cc1ccc2ccccc2c1C(Cl)c1ccc(Cl)cc1Cl. The van der Waals surface area contributed by atoms with Crippen molar-refractivity contribution in [1.29, 1.82) is 0 Å². The van der Waals surface area contributed by atoms with Gasteiger partial charge in [0.2, 0.25) is 0 Å². The largest absolute Gasteiger partial charge is 0.112 e. The van der Waals surface area contributed by atoms with Crippen molar-refractivity contribution in [2.75, 3.05) is 0 Å². The average Bonchev–Trinajstić information content (AvgIpc) is 2.46. The zero-order chi connectivity index (χ0) is 15.0. The summed E-state index contributed by atoms with van der Waals surface area (Å²) in [7, 11) is 0. The molecule has 0 aromatic heterocycles. The van der Waals surface area contributed by atoms with Crippen LogP contribution in [0.25, 0.3) is 10.8 Å². The van der Waals surface area contributed by atoms with Crippen LogP contribution in [0.15, 0.2) is 54.6 Å². The Labute approximate surface area is 139 Å². The highest BCUT2D eigenvalue weighted by molar-refractivity contribution is 6.36. The van der Waals surface area contributed by atoms with Gasteiger partial charge in [0, 0.05) is 10.0 Å². The molecule has 0 bridgehead atoms. The molecule has 0 aliphatic heterocycles. The maximum absolute atomic E-state index is 6.75. The predicted molar refractivity (Wildman–Crippen MR) is 92.8 cm³/mol. The Morgan fingerprint density at radius 1 is 0.905 bits per heavy atom. The molecule has 0 amide bonds. The standard InChI is InChI=1S/C18H13Cl3/c1-11-6-7-12-4-2-3-5-14(12)17(11)18(21)15-9-8-13(19)10-16(15)20/h2-10,18H,1H3. The molecule has 0 saturated heterocycles. The number of benzene rings is 3. The van der Waals surface area contributed by atoms with Crippen molar-refractivity contribution in [3.63, 3.8) is 0 Å². The van der Waals surface area contributed by atoms with Crippen LogP contribution in [0.4, 0.5) is 0 Å². The molecule has 0 saturated carbocycles. The third-order valence-corrected chi connectivity index (χ3v) is 4.69. The molecule has 0 fully saturated rings. The van der Waals surface area contributed by atoms with Crippen molar-refractivity contribution < 1.29 is 0 Å². The lowest BCUT2D eigenvalue weighted by Crippen LogP contribution is -1.99. The van der Waals surface area contributed by atoms with Gasteiger partial charge in [0.25, 0.3) is 0 Å². The Balaban J connectivity index is 2.21.